The standard InChI is InChI=1S/C21H28N2O4/c1-6-27-19-11-10-16(13-20(19)26-5)21(24)22-14-18(23(2)3)15-8-7-9-17(12-15)25-4/h7-13,18H,6,14H2,1-5H3,(H,22,24). The van der Waals surface area contributed by atoms with Gasteiger partial charge in [0.05, 0.1) is 26.9 Å². The highest BCUT2D eigenvalue weighted by molar-refractivity contribution is 5.94. The van der Waals surface area contributed by atoms with Crippen LogP contribution in [-0.4, -0.2) is 52.3 Å². The zero-order valence-electron chi connectivity index (χ0n) is 16.6. The van der Waals surface area contributed by atoms with Gasteiger partial charge in [0, 0.05) is 12.1 Å². The van der Waals surface area contributed by atoms with E-state index in [9.17, 15) is 4.79 Å². The summed E-state index contributed by atoms with van der Waals surface area (Å²) >= 11 is 0. The Morgan fingerprint density at radius 3 is 2.48 bits per heavy atom. The van der Waals surface area contributed by atoms with Crippen molar-refractivity contribution in [2.24, 2.45) is 0 Å². The van der Waals surface area contributed by atoms with E-state index in [0.717, 1.165) is 11.3 Å². The van der Waals surface area contributed by atoms with Crippen molar-refractivity contribution < 1.29 is 19.0 Å². The molecule has 1 N–H and O–H groups in total. The van der Waals surface area contributed by atoms with Gasteiger partial charge >= 0.3 is 0 Å². The van der Waals surface area contributed by atoms with Crippen LogP contribution < -0.4 is 19.5 Å². The van der Waals surface area contributed by atoms with Crippen LogP contribution >= 0.6 is 0 Å². The van der Waals surface area contributed by atoms with Gasteiger partial charge in [-0.3, -0.25) is 4.79 Å². The molecule has 2 rings (SSSR count). The van der Waals surface area contributed by atoms with E-state index in [1.807, 2.05) is 45.3 Å². The van der Waals surface area contributed by atoms with Crippen molar-refractivity contribution >= 4 is 5.91 Å². The molecule has 0 bridgehead atoms. The highest BCUT2D eigenvalue weighted by Crippen LogP contribution is 2.28. The number of benzene rings is 2. The Bertz CT molecular complexity index is 762. The number of carbonyl (C=O) groups excluding carboxylic acids is 1. The average molecular weight is 372 g/mol. The third kappa shape index (κ3) is 5.37. The maximum absolute atomic E-state index is 12.6. The van der Waals surface area contributed by atoms with Crippen molar-refractivity contribution in [2.45, 2.75) is 13.0 Å². The van der Waals surface area contributed by atoms with Crippen LogP contribution in [0.2, 0.25) is 0 Å². The first-order valence-corrected chi connectivity index (χ1v) is 8.89. The summed E-state index contributed by atoms with van der Waals surface area (Å²) in [4.78, 5) is 14.7. The first-order valence-electron chi connectivity index (χ1n) is 8.89. The van der Waals surface area contributed by atoms with E-state index in [1.54, 1.807) is 32.4 Å². The van der Waals surface area contributed by atoms with Gasteiger partial charge in [-0.15, -0.1) is 0 Å². The maximum atomic E-state index is 12.6. The molecule has 0 aliphatic carbocycles. The number of likely N-dealkylation sites (N-methyl/N-ethyl adjacent to an activating group) is 1. The summed E-state index contributed by atoms with van der Waals surface area (Å²) < 4.78 is 16.1. The summed E-state index contributed by atoms with van der Waals surface area (Å²) in [7, 11) is 7.17. The van der Waals surface area contributed by atoms with Gasteiger partial charge in [0.2, 0.25) is 0 Å². The Hall–Kier alpha value is -2.73. The Kier molecular flexibility index (Phi) is 7.49. The van der Waals surface area contributed by atoms with Crippen molar-refractivity contribution in [1.29, 1.82) is 0 Å². The van der Waals surface area contributed by atoms with E-state index in [1.165, 1.54) is 0 Å². The second-order valence-electron chi connectivity index (χ2n) is 6.26. The van der Waals surface area contributed by atoms with Crippen molar-refractivity contribution in [1.82, 2.24) is 10.2 Å². The Morgan fingerprint density at radius 1 is 1.07 bits per heavy atom. The molecule has 1 unspecified atom stereocenters. The maximum Gasteiger partial charge on any atom is 0.251 e. The fourth-order valence-electron chi connectivity index (χ4n) is 2.82. The first-order chi connectivity index (χ1) is 13.0. The molecular formula is C21H28N2O4. The molecule has 146 valence electrons. The monoisotopic (exact) mass is 372 g/mol. The molecule has 0 radical (unpaired) electrons. The molecule has 1 amide bonds. The molecule has 0 aromatic heterocycles. The van der Waals surface area contributed by atoms with Gasteiger partial charge < -0.3 is 24.4 Å². The normalized spacial score (nSPS) is 11.8. The number of ether oxygens (including phenoxy) is 3. The average Bonchev–Trinajstić information content (AvgIpc) is 2.68. The van der Waals surface area contributed by atoms with Crippen molar-refractivity contribution in [3.8, 4) is 17.2 Å². The summed E-state index contributed by atoms with van der Waals surface area (Å²) in [6.07, 6.45) is 0. The van der Waals surface area contributed by atoms with Gasteiger partial charge in [-0.1, -0.05) is 12.1 Å². The lowest BCUT2D eigenvalue weighted by Crippen LogP contribution is -2.34. The molecule has 0 fully saturated rings. The minimum absolute atomic E-state index is 0.0219. The minimum Gasteiger partial charge on any atom is -0.497 e. The van der Waals surface area contributed by atoms with Crippen molar-refractivity contribution in [3.63, 3.8) is 0 Å². The number of rotatable bonds is 9. The van der Waals surface area contributed by atoms with E-state index in [4.69, 9.17) is 14.2 Å². The SMILES string of the molecule is CCOc1ccc(C(=O)NCC(c2cccc(OC)c2)N(C)C)cc1OC. The van der Waals surface area contributed by atoms with Crippen LogP contribution in [0.4, 0.5) is 0 Å². The van der Waals surface area contributed by atoms with Crippen LogP contribution in [0, 0.1) is 0 Å². The smallest absolute Gasteiger partial charge is 0.251 e. The number of methoxy groups -OCH3 is 2. The van der Waals surface area contributed by atoms with E-state index < -0.39 is 0 Å². The zero-order valence-corrected chi connectivity index (χ0v) is 16.6. The molecule has 0 heterocycles. The number of nitrogens with one attached hydrogen (secondary N) is 1. The Labute approximate surface area is 161 Å². The summed E-state index contributed by atoms with van der Waals surface area (Å²) in [5, 5.41) is 3.00. The molecule has 2 aromatic rings. The summed E-state index contributed by atoms with van der Waals surface area (Å²) in [5.74, 6) is 1.80. The van der Waals surface area contributed by atoms with Crippen LogP contribution in [0.1, 0.15) is 28.9 Å². The number of hydrogen-bond donors (Lipinski definition) is 1. The first kappa shape index (κ1) is 20.6. The van der Waals surface area contributed by atoms with Gasteiger partial charge in [-0.25, -0.2) is 0 Å². The quantitative estimate of drug-likeness (QED) is 0.733. The summed E-state index contributed by atoms with van der Waals surface area (Å²) in [6.45, 7) is 2.90. The van der Waals surface area contributed by atoms with Gasteiger partial charge in [0.15, 0.2) is 11.5 Å². The van der Waals surface area contributed by atoms with Gasteiger partial charge in [0.25, 0.3) is 5.91 Å². The fraction of sp³-hybridized carbons (Fsp3) is 0.381. The molecule has 0 aliphatic rings. The van der Waals surface area contributed by atoms with E-state index in [0.29, 0.717) is 30.2 Å². The molecule has 27 heavy (non-hydrogen) atoms. The molecule has 0 spiro atoms. The van der Waals surface area contributed by atoms with E-state index in [-0.39, 0.29) is 11.9 Å². The number of amides is 1. The summed E-state index contributed by atoms with van der Waals surface area (Å²) in [6, 6.07) is 13.1. The third-order valence-electron chi connectivity index (χ3n) is 4.28. The number of hydrogen-bond acceptors (Lipinski definition) is 5. The van der Waals surface area contributed by atoms with E-state index >= 15 is 0 Å². The van der Waals surface area contributed by atoms with E-state index in [2.05, 4.69) is 10.2 Å². The Balaban J connectivity index is 2.11. The Morgan fingerprint density at radius 2 is 1.85 bits per heavy atom. The van der Waals surface area contributed by atoms with Crippen LogP contribution in [0.15, 0.2) is 42.5 Å². The molecule has 6 heteroatoms. The topological polar surface area (TPSA) is 60.0 Å². The lowest BCUT2D eigenvalue weighted by Gasteiger charge is -2.25. The molecular weight excluding hydrogens is 344 g/mol. The molecule has 2 aromatic carbocycles. The third-order valence-corrected chi connectivity index (χ3v) is 4.28. The van der Waals surface area contributed by atoms with Gasteiger partial charge in [0.1, 0.15) is 5.75 Å². The second kappa shape index (κ2) is 9.83. The van der Waals surface area contributed by atoms with Crippen LogP contribution in [0.5, 0.6) is 17.2 Å². The summed E-state index contributed by atoms with van der Waals surface area (Å²) in [5.41, 5.74) is 1.60. The van der Waals surface area contributed by atoms with Gasteiger partial charge in [-0.2, -0.15) is 0 Å². The fourth-order valence-corrected chi connectivity index (χ4v) is 2.82. The number of carbonyl (C=O) groups is 1. The molecule has 6 nitrogen and oxygen atoms in total. The predicted octanol–water partition coefficient (Wildman–Crippen LogP) is 3.14. The predicted molar refractivity (Wildman–Crippen MR) is 106 cm³/mol. The largest absolute Gasteiger partial charge is 0.497 e. The van der Waals surface area contributed by atoms with Crippen LogP contribution in [0.25, 0.3) is 0 Å². The molecule has 0 saturated carbocycles. The van der Waals surface area contributed by atoms with Crippen molar-refractivity contribution in [3.05, 3.63) is 53.6 Å². The zero-order chi connectivity index (χ0) is 19.8. The minimum atomic E-state index is -0.161. The van der Waals surface area contributed by atoms with Crippen molar-refractivity contribution in [2.75, 3.05) is 41.5 Å². The second-order valence-corrected chi connectivity index (χ2v) is 6.26. The number of nitrogens with zero attached hydrogens (tertiary/aromatic N) is 1. The lowest BCUT2D eigenvalue weighted by atomic mass is 10.1. The molecule has 1 atom stereocenters. The molecule has 0 aliphatic heterocycles. The highest BCUT2D eigenvalue weighted by atomic mass is 16.5. The van der Waals surface area contributed by atoms with Gasteiger partial charge in [-0.05, 0) is 56.9 Å². The van der Waals surface area contributed by atoms with Crippen LogP contribution in [-0.2, 0) is 0 Å². The highest BCUT2D eigenvalue weighted by Gasteiger charge is 2.17. The lowest BCUT2D eigenvalue weighted by molar-refractivity contribution is 0.0941. The molecule has 0 saturated heterocycles. The van der Waals surface area contributed by atoms with Crippen LogP contribution in [0.3, 0.4) is 0 Å².